The van der Waals surface area contributed by atoms with Crippen molar-refractivity contribution < 1.29 is 62.2 Å². The van der Waals surface area contributed by atoms with Gasteiger partial charge >= 0.3 is 5.97 Å². The van der Waals surface area contributed by atoms with Crippen LogP contribution < -0.4 is 30.0 Å². The minimum absolute atomic E-state index is 0. The summed E-state index contributed by atoms with van der Waals surface area (Å²) in [7, 11) is 0. The third kappa shape index (κ3) is 15.2. The van der Waals surface area contributed by atoms with Crippen molar-refractivity contribution in [3.05, 3.63) is 165 Å². The van der Waals surface area contributed by atoms with Gasteiger partial charge in [-0.05, 0) is 134 Å². The van der Waals surface area contributed by atoms with Crippen LogP contribution in [0.1, 0.15) is 77.2 Å². The van der Waals surface area contributed by atoms with Crippen LogP contribution in [0.2, 0.25) is 10.0 Å². The van der Waals surface area contributed by atoms with Crippen molar-refractivity contribution in [2.24, 2.45) is 5.73 Å². The highest BCUT2D eigenvalue weighted by molar-refractivity contribution is 6.43. The molecule has 4 heterocycles. The van der Waals surface area contributed by atoms with Crippen molar-refractivity contribution in [2.45, 2.75) is 57.4 Å². The number of hydrogen-bond acceptors (Lipinski definition) is 13. The zero-order valence-corrected chi connectivity index (χ0v) is 43.4. The topological polar surface area (TPSA) is 210 Å². The maximum Gasteiger partial charge on any atom is 0.377 e. The zero-order valence-electron chi connectivity index (χ0n) is 41.8. The molecule has 10 rings (SSSR count). The number of nitrogens with two attached hydrogens (primary N) is 1. The van der Waals surface area contributed by atoms with Gasteiger partial charge in [-0.15, -0.1) is 0 Å². The van der Waals surface area contributed by atoms with Gasteiger partial charge in [0.25, 0.3) is 11.7 Å². The van der Waals surface area contributed by atoms with Crippen molar-refractivity contribution in [3.8, 4) is 45.3 Å². The van der Waals surface area contributed by atoms with Crippen molar-refractivity contribution in [1.29, 1.82) is 0 Å². The van der Waals surface area contributed by atoms with E-state index >= 15 is 0 Å². The second kappa shape index (κ2) is 27.6. The third-order valence-electron chi connectivity index (χ3n) is 13.4. The molecule has 6 aromatic carbocycles. The fourth-order valence-corrected chi connectivity index (χ4v) is 9.57. The van der Waals surface area contributed by atoms with E-state index in [1.54, 1.807) is 66.7 Å². The Hall–Kier alpha value is -6.96. The smallest absolute Gasteiger partial charge is 0.377 e. The summed E-state index contributed by atoms with van der Waals surface area (Å²) in [6.45, 7) is 5.79. The number of carboxylic acids is 1. The number of likely N-dealkylation sites (tertiary alicyclic amines) is 2. The van der Waals surface area contributed by atoms with E-state index in [9.17, 15) is 38.2 Å². The molecule has 412 valence electrons. The predicted octanol–water partition coefficient (Wildman–Crippen LogP) is 9.38. The highest BCUT2D eigenvalue weighted by Gasteiger charge is 2.32. The van der Waals surface area contributed by atoms with Crippen molar-refractivity contribution >= 4 is 46.6 Å². The number of aliphatic carboxylic acids is 1. The Balaban J connectivity index is 0.000000186. The summed E-state index contributed by atoms with van der Waals surface area (Å²) in [5, 5.41) is 34.2. The van der Waals surface area contributed by atoms with E-state index in [2.05, 4.69) is 15.1 Å². The molecule has 2 saturated heterocycles. The maximum absolute atomic E-state index is 14.7. The summed E-state index contributed by atoms with van der Waals surface area (Å²) in [6.07, 6.45) is 2.16. The Morgan fingerprint density at radius 3 is 1.35 bits per heavy atom. The van der Waals surface area contributed by atoms with E-state index in [0.717, 1.165) is 61.3 Å². The van der Waals surface area contributed by atoms with E-state index < -0.39 is 59.4 Å². The molecule has 0 radical (unpaired) electrons. The molecule has 1 amide bonds. The normalized spacial score (nSPS) is 16.1. The number of aliphatic hydroxyl groups excluding tert-OH is 2. The van der Waals surface area contributed by atoms with E-state index in [1.165, 1.54) is 43.2 Å². The molecular weight excluding hydrogens is 1050 g/mol. The molecule has 0 saturated carbocycles. The minimum atomic E-state index is -1.45. The zero-order chi connectivity index (χ0) is 54.6. The van der Waals surface area contributed by atoms with Gasteiger partial charge in [-0.1, -0.05) is 103 Å². The van der Waals surface area contributed by atoms with E-state index in [0.29, 0.717) is 47.7 Å². The Labute approximate surface area is 461 Å². The predicted molar refractivity (Wildman–Crippen MR) is 293 cm³/mol. The maximum atomic E-state index is 14.7. The van der Waals surface area contributed by atoms with Crippen LogP contribution in [0, 0.1) is 11.6 Å². The molecule has 2 fully saturated rings. The van der Waals surface area contributed by atoms with Crippen LogP contribution in [0.4, 0.5) is 8.78 Å². The number of hydrogen-bond donors (Lipinski definition) is 5. The van der Waals surface area contributed by atoms with Crippen LogP contribution in [0.25, 0.3) is 22.3 Å². The molecule has 0 unspecified atom stereocenters. The average Bonchev–Trinajstić information content (AvgIpc) is 4.18. The largest absolute Gasteiger partial charge is 0.486 e. The molecule has 0 bridgehead atoms. The van der Waals surface area contributed by atoms with E-state index in [4.69, 9.17) is 53.0 Å². The number of carboxylic acid groups (broad SMARTS) is 1. The molecule has 0 spiro atoms. The Morgan fingerprint density at radius 2 is 0.923 bits per heavy atom. The number of nitrogens with one attached hydrogen (secondary N) is 1. The first kappa shape index (κ1) is 58.7. The first-order valence-corrected chi connectivity index (χ1v) is 26.0. The van der Waals surface area contributed by atoms with Gasteiger partial charge in [0.2, 0.25) is 5.78 Å². The van der Waals surface area contributed by atoms with Gasteiger partial charge in [-0.2, -0.15) is 0 Å². The summed E-state index contributed by atoms with van der Waals surface area (Å²) in [5.74, 6) is -4.43. The number of ether oxygens (including phenoxy) is 4. The number of rotatable bonds is 15. The number of fused-ring (bicyclic) bond motifs is 2. The number of benzene rings is 6. The molecule has 78 heavy (non-hydrogen) atoms. The SMILES string of the molecule is C.N[C@H](CN1CCCC1)[C@H](O)c1cc(F)c2c(c1)OCCO2.O=C(N[C@H](CN1CCCC1)[C@H](O)c1cc(F)c2c(c1)OCCO2)C(=O)c1ccc(-c2ccc(Cl)cc2)cc1.O=C(O)C(=O)c1ccc(-c2ccc(Cl)cc2)cc1. The molecule has 6 aromatic rings. The number of carbonyl (C=O) groups excluding carboxylic acids is 3. The van der Waals surface area contributed by atoms with Crippen LogP contribution in [-0.2, 0) is 9.59 Å². The molecule has 6 N–H and O–H groups in total. The van der Waals surface area contributed by atoms with Gasteiger partial charge < -0.3 is 55.1 Å². The highest BCUT2D eigenvalue weighted by atomic mass is 35.5. The summed E-state index contributed by atoms with van der Waals surface area (Å²) in [5.41, 5.74) is 10.8. The Kier molecular flexibility index (Phi) is 20.8. The molecule has 4 aliphatic rings. The summed E-state index contributed by atoms with van der Waals surface area (Å²) in [6, 6.07) is 32.0. The number of nitrogens with zero attached hydrogens (tertiary/aromatic N) is 2. The van der Waals surface area contributed by atoms with Crippen molar-refractivity contribution in [3.63, 3.8) is 0 Å². The van der Waals surface area contributed by atoms with Crippen molar-refractivity contribution in [1.82, 2.24) is 15.1 Å². The fourth-order valence-electron chi connectivity index (χ4n) is 9.31. The molecule has 4 atom stereocenters. The number of halogens is 4. The number of aliphatic hydroxyl groups is 2. The van der Waals surface area contributed by atoms with Crippen LogP contribution in [0.5, 0.6) is 23.0 Å². The molecule has 0 aliphatic carbocycles. The van der Waals surface area contributed by atoms with Gasteiger partial charge in [-0.3, -0.25) is 14.4 Å². The Morgan fingerprint density at radius 1 is 0.551 bits per heavy atom. The average molecular weight is 1110 g/mol. The lowest BCUT2D eigenvalue weighted by Crippen LogP contribution is -2.48. The van der Waals surface area contributed by atoms with Gasteiger partial charge in [-0.25, -0.2) is 13.6 Å². The molecular formula is C59H62Cl2F2N4O11. The molecule has 0 aromatic heterocycles. The van der Waals surface area contributed by atoms with Gasteiger partial charge in [0.15, 0.2) is 34.6 Å². The first-order valence-electron chi connectivity index (χ1n) is 25.2. The van der Waals surface area contributed by atoms with Crippen LogP contribution in [-0.4, -0.2) is 126 Å². The molecule has 15 nitrogen and oxygen atoms in total. The quantitative estimate of drug-likeness (QED) is 0.0479. The lowest BCUT2D eigenvalue weighted by atomic mass is 9.99. The monoisotopic (exact) mass is 1110 g/mol. The summed E-state index contributed by atoms with van der Waals surface area (Å²) in [4.78, 5) is 52.1. The van der Waals surface area contributed by atoms with Crippen LogP contribution in [0.3, 0.4) is 0 Å². The van der Waals surface area contributed by atoms with E-state index in [1.807, 2.05) is 24.3 Å². The van der Waals surface area contributed by atoms with Gasteiger partial charge in [0, 0.05) is 40.3 Å². The van der Waals surface area contributed by atoms with E-state index in [-0.39, 0.29) is 54.6 Å². The second-order valence-corrected chi connectivity index (χ2v) is 19.7. The first-order chi connectivity index (χ1) is 37.1. The Bertz CT molecular complexity index is 3010. The standard InChI is InChI=1S/C29H28ClFN2O5.C15H21FN2O3.C14H9ClO3.CH4/c30-22-9-7-19(8-10-22)18-3-5-20(6-4-18)27(35)29(36)32-24(17-33-11-1-2-12-33)26(34)21-15-23(31)28-25(16-21)37-13-14-38-28;16-11-7-10(8-13-15(11)21-6-5-20-13)14(19)12(17)9-18-3-1-2-4-18;15-12-7-5-10(6-8-12)9-1-3-11(4-2-9)13(16)14(17)18;/h3-10,15-16,24,26,34H,1-2,11-14,17H2,(H,32,36);7-8,12,14,19H,1-6,9,17H2;1-8H,(H,17,18);1H4/t24-,26-;12-,14-;;/m11../s1. The number of ketones is 2. The fraction of sp³-hybridized carbons (Fsp3) is 0.322. The van der Waals surface area contributed by atoms with Crippen LogP contribution in [0.15, 0.2) is 121 Å². The lowest BCUT2D eigenvalue weighted by molar-refractivity contribution is -0.131. The van der Waals surface area contributed by atoms with Gasteiger partial charge in [0.1, 0.15) is 32.5 Å². The number of Topliss-reactive ketones (excluding diaryl/α,β-unsaturated/α-hetero) is 2. The lowest BCUT2D eigenvalue weighted by Gasteiger charge is -2.29. The minimum Gasteiger partial charge on any atom is -0.486 e. The summed E-state index contributed by atoms with van der Waals surface area (Å²) >= 11 is 11.7. The highest BCUT2D eigenvalue weighted by Crippen LogP contribution is 2.38. The number of carbonyl (C=O) groups is 4. The van der Waals surface area contributed by atoms with Crippen LogP contribution >= 0.6 is 23.2 Å². The van der Waals surface area contributed by atoms with Crippen molar-refractivity contribution in [2.75, 3.05) is 65.7 Å². The molecule has 19 heteroatoms. The van der Waals surface area contributed by atoms with Gasteiger partial charge in [0.05, 0.1) is 12.1 Å². The number of amides is 1. The summed E-state index contributed by atoms with van der Waals surface area (Å²) < 4.78 is 50.1. The second-order valence-electron chi connectivity index (χ2n) is 18.8. The molecule has 4 aliphatic heterocycles. The third-order valence-corrected chi connectivity index (χ3v) is 13.9.